The minimum Gasteiger partial charge on any atom is -0.512 e. The molecular formula is C79H76IrN8O3S. The van der Waals surface area contributed by atoms with Crippen LogP contribution in [-0.4, -0.2) is 61.5 Å². The van der Waals surface area contributed by atoms with Crippen molar-refractivity contribution in [1.29, 1.82) is 0 Å². The molecule has 13 heteroatoms. The van der Waals surface area contributed by atoms with Crippen LogP contribution in [0.15, 0.2) is 211 Å². The molecule has 2 atom stereocenters. The number of likely N-dealkylation sites (N-methyl/N-ethyl adjacent to an activating group) is 2. The predicted molar refractivity (Wildman–Crippen MR) is 371 cm³/mol. The first-order valence-electron chi connectivity index (χ1n) is 32.6. The van der Waals surface area contributed by atoms with Crippen LogP contribution in [0, 0.1) is 6.07 Å². The molecule has 2 aliphatic carbocycles. The van der Waals surface area contributed by atoms with Crippen molar-refractivity contribution >= 4 is 88.0 Å². The van der Waals surface area contributed by atoms with E-state index in [0.717, 1.165) is 52.0 Å². The third-order valence-electron chi connectivity index (χ3n) is 19.7. The van der Waals surface area contributed by atoms with Crippen LogP contribution in [0.25, 0.3) is 82.0 Å². The summed E-state index contributed by atoms with van der Waals surface area (Å²) in [6.07, 6.45) is 30.7. The molecule has 2 fully saturated rings. The van der Waals surface area contributed by atoms with Crippen molar-refractivity contribution in [2.45, 2.75) is 122 Å². The van der Waals surface area contributed by atoms with Gasteiger partial charge in [0.1, 0.15) is 47.3 Å². The maximum atomic E-state index is 10.0. The van der Waals surface area contributed by atoms with E-state index in [4.69, 9.17) is 9.52 Å². The number of hydrogen-bond donors (Lipinski definition) is 1. The number of allylic oxidation sites excluding steroid dienone is 2. The number of ketones is 1. The number of carbonyl (C=O) groups excluding carboxylic acids is 1. The molecule has 12 aromatic rings. The minimum atomic E-state index is -0.125. The number of hydrogen-bond acceptors (Lipinski definition) is 10. The van der Waals surface area contributed by atoms with Crippen LogP contribution in [0.3, 0.4) is 0 Å². The summed E-state index contributed by atoms with van der Waals surface area (Å²) < 4.78 is 11.3. The molecule has 1 radical (unpaired) electrons. The molecule has 0 bridgehead atoms. The second-order valence-corrected chi connectivity index (χ2v) is 26.4. The number of aromatic nitrogens is 4. The van der Waals surface area contributed by atoms with E-state index in [1.807, 2.05) is 41.8 Å². The maximum absolute atomic E-state index is 10.0. The average molecular weight is 1410 g/mol. The molecule has 1 N–H and O–H groups in total. The van der Waals surface area contributed by atoms with Gasteiger partial charge in [-0.25, -0.2) is 9.55 Å². The Hall–Kier alpha value is -8.87. The molecule has 0 amide bonds. The Morgan fingerprint density at radius 2 is 1.29 bits per heavy atom. The van der Waals surface area contributed by atoms with Crippen molar-refractivity contribution < 1.29 is 39.0 Å². The smallest absolute Gasteiger partial charge is 0.295 e. The molecule has 7 aromatic carbocycles. The summed E-state index contributed by atoms with van der Waals surface area (Å²) >= 11 is 1.63. The van der Waals surface area contributed by atoms with Gasteiger partial charge in [-0.05, 0) is 114 Å². The fourth-order valence-corrected chi connectivity index (χ4v) is 16.3. The molecule has 2 saturated carbocycles. The molecule has 5 aliphatic heterocycles. The Balaban J connectivity index is 0.000000111. The zero-order valence-corrected chi connectivity index (χ0v) is 55.8. The van der Waals surface area contributed by atoms with Crippen molar-refractivity contribution in [3.63, 3.8) is 0 Å². The number of carbonyl (C=O) groups is 1. The van der Waals surface area contributed by atoms with Crippen molar-refractivity contribution in [1.82, 2.24) is 24.2 Å². The van der Waals surface area contributed by atoms with Crippen molar-refractivity contribution in [2.24, 2.45) is 0 Å². The Bertz CT molecular complexity index is 4780. The van der Waals surface area contributed by atoms with E-state index in [-0.39, 0.29) is 31.6 Å². The van der Waals surface area contributed by atoms with Crippen LogP contribution in [0.5, 0.6) is 0 Å². The summed E-state index contributed by atoms with van der Waals surface area (Å²) in [5.41, 5.74) is 19.9. The SMILES string of the molecule is CC(=O)C=C(C)O.CN1C=CN2c3c(ccc4c3oc3ccccc34)CC12.CN1C=CN2c3ccccc3CC12.[Ir].[c-]1ccccc1-c1ncnc2sccc12.c1cc(C2CCCCC2)c(-c2c[n+]3c4c5c(cccc5c5ccccc5n24)C3)c(C2CCCCC2)c1. The average Bonchev–Trinajstić information content (AvgIpc) is 1.53. The van der Waals surface area contributed by atoms with Gasteiger partial charge in [0.25, 0.3) is 5.65 Å². The summed E-state index contributed by atoms with van der Waals surface area (Å²) in [6.45, 7) is 3.83. The quantitative estimate of drug-likeness (QED) is 0.0594. The summed E-state index contributed by atoms with van der Waals surface area (Å²) in [5, 5.41) is 18.1. The van der Waals surface area contributed by atoms with E-state index in [9.17, 15) is 4.79 Å². The van der Waals surface area contributed by atoms with Crippen LogP contribution in [0.1, 0.15) is 118 Å². The second kappa shape index (κ2) is 26.0. The normalized spacial score (nSPS) is 17.7. The molecule has 465 valence electrons. The third-order valence-corrected chi connectivity index (χ3v) is 20.5. The summed E-state index contributed by atoms with van der Waals surface area (Å²) in [7, 11) is 4.26. The van der Waals surface area contributed by atoms with Gasteiger partial charge < -0.3 is 29.1 Å². The number of furan rings is 1. The number of imidazole rings is 1. The Kier molecular flexibility index (Phi) is 17.2. The van der Waals surface area contributed by atoms with Gasteiger partial charge in [0.2, 0.25) is 0 Å². The summed E-state index contributed by atoms with van der Waals surface area (Å²) in [5.74, 6) is 1.33. The van der Waals surface area contributed by atoms with E-state index < -0.39 is 0 Å². The van der Waals surface area contributed by atoms with E-state index in [2.05, 4.69) is 205 Å². The van der Waals surface area contributed by atoms with E-state index in [0.29, 0.717) is 24.2 Å². The number of benzene rings is 7. The van der Waals surface area contributed by atoms with Crippen molar-refractivity contribution in [3.8, 4) is 22.5 Å². The number of pyridine rings is 1. The Labute approximate surface area is 555 Å². The third kappa shape index (κ3) is 11.3. The molecule has 19 rings (SSSR count). The van der Waals surface area contributed by atoms with Crippen molar-refractivity contribution in [3.05, 3.63) is 240 Å². The minimum absolute atomic E-state index is 0. The number of aliphatic hydroxyl groups is 1. The Morgan fingerprint density at radius 3 is 2.02 bits per heavy atom. The zero-order chi connectivity index (χ0) is 61.7. The molecule has 0 saturated heterocycles. The number of aliphatic hydroxyl groups excluding tert-OH is 1. The number of para-hydroxylation sites is 3. The molecular weight excluding hydrogens is 1330 g/mol. The second-order valence-electron chi connectivity index (χ2n) is 25.5. The number of rotatable bonds is 5. The molecule has 7 aliphatic rings. The predicted octanol–water partition coefficient (Wildman–Crippen LogP) is 18.3. The zero-order valence-electron chi connectivity index (χ0n) is 52.6. The van der Waals surface area contributed by atoms with Gasteiger partial charge in [-0.3, -0.25) is 9.78 Å². The molecule has 10 heterocycles. The topological polar surface area (TPSA) is 97.5 Å². The largest absolute Gasteiger partial charge is 0.512 e. The van der Waals surface area contributed by atoms with E-state index in [1.54, 1.807) is 34.4 Å². The van der Waals surface area contributed by atoms with E-state index >= 15 is 0 Å². The molecule has 0 spiro atoms. The fraction of sp³-hybridized carbons (Fsp3) is 0.266. The standard InChI is InChI=1S/C34H35N2.C17H14N2O.C12H7N2S.C11H12N2.C5H8O2.Ir/c1-3-11-23(12-4-1)26-17-10-18-27(24-13-5-2-6-14-24)33(26)31-22-35-21-25-15-9-19-29-28-16-7-8-20-30(28)36(31)34(35)32(25)29;1-18-8-9-19-15(18)10-11-6-7-13-12-4-2-3-5-14(12)20-17(13)16(11)19;1-2-4-9(5-3-1)11-10-6-7-15-12(10)14-8-13-11;1-12-6-7-13-10-5-3-2-4-9(10)8-11(12)13;1-4(6)3-5(2)7;/h7-10,15-20,22-24H,1-6,11-14,21H2;2-9,15H,10H2,1H3;1-4,6-8H;2-7,11H,8H2,1H3;3,6H,1-2H3;/q+1;;-1;;;. The van der Waals surface area contributed by atoms with Crippen LogP contribution < -0.4 is 14.4 Å². The number of thiophene rings is 1. The first-order chi connectivity index (χ1) is 44.6. The number of fused-ring (bicyclic) bond motifs is 14. The number of anilines is 2. The van der Waals surface area contributed by atoms with Crippen LogP contribution in [-0.2, 0) is 44.3 Å². The first-order valence-corrected chi connectivity index (χ1v) is 33.4. The van der Waals surface area contributed by atoms with Gasteiger partial charge in [0.15, 0.2) is 17.1 Å². The van der Waals surface area contributed by atoms with Crippen LogP contribution >= 0.6 is 11.3 Å². The molecule has 2 unspecified atom stereocenters. The first kappa shape index (κ1) is 60.7. The van der Waals surface area contributed by atoms with Gasteiger partial charge in [-0.1, -0.05) is 142 Å². The van der Waals surface area contributed by atoms with Gasteiger partial charge >= 0.3 is 0 Å². The van der Waals surface area contributed by atoms with E-state index in [1.165, 1.54) is 156 Å². The Morgan fingerprint density at radius 1 is 0.641 bits per heavy atom. The number of nitrogens with zero attached hydrogens (tertiary/aromatic N) is 8. The van der Waals surface area contributed by atoms with Gasteiger partial charge in [0, 0.05) is 116 Å². The molecule has 11 nitrogen and oxygen atoms in total. The van der Waals surface area contributed by atoms with Gasteiger partial charge in [-0.15, -0.1) is 47.2 Å². The molecule has 92 heavy (non-hydrogen) atoms. The fourth-order valence-electron chi connectivity index (χ4n) is 15.5. The van der Waals surface area contributed by atoms with Crippen LogP contribution in [0.4, 0.5) is 11.4 Å². The maximum Gasteiger partial charge on any atom is 0.295 e. The van der Waals surface area contributed by atoms with Gasteiger partial charge in [0.05, 0.1) is 16.8 Å². The summed E-state index contributed by atoms with van der Waals surface area (Å²) in [6, 6.07) is 57.8. The van der Waals surface area contributed by atoms with Crippen LogP contribution in [0.2, 0.25) is 0 Å². The molecule has 5 aromatic heterocycles. The van der Waals surface area contributed by atoms with Gasteiger partial charge in [-0.2, -0.15) is 4.40 Å². The monoisotopic (exact) mass is 1410 g/mol. The summed E-state index contributed by atoms with van der Waals surface area (Å²) in [4.78, 5) is 28.8. The van der Waals surface area contributed by atoms with Crippen molar-refractivity contribution in [2.75, 3.05) is 23.9 Å².